The quantitative estimate of drug-likeness (QED) is 0.836. The van der Waals surface area contributed by atoms with E-state index in [1.807, 2.05) is 0 Å². The third-order valence-electron chi connectivity index (χ3n) is 4.09. The molecule has 2 atom stereocenters. The van der Waals surface area contributed by atoms with E-state index in [2.05, 4.69) is 44.8 Å². The number of hydrogen-bond donors (Lipinski definition) is 1. The normalized spacial score (nSPS) is 23.7. The first kappa shape index (κ1) is 15.5. The van der Waals surface area contributed by atoms with E-state index in [4.69, 9.17) is 0 Å². The molecular weight excluding hydrogens is 224 g/mol. The standard InChI is InChI=1S/C15H30N2O/c1-6-13(15(3,4)5)16-14(18)12-10-8-9-11-17(12)7-2/h12-13H,6-11H2,1-5H3,(H,16,18). The Hall–Kier alpha value is -0.570. The molecule has 18 heavy (non-hydrogen) atoms. The second-order valence-corrected chi connectivity index (χ2v) is 6.48. The van der Waals surface area contributed by atoms with E-state index in [9.17, 15) is 4.79 Å². The molecule has 1 aliphatic rings. The van der Waals surface area contributed by atoms with Crippen LogP contribution in [0.3, 0.4) is 0 Å². The molecule has 1 rings (SSSR count). The van der Waals surface area contributed by atoms with Gasteiger partial charge in [-0.05, 0) is 37.8 Å². The Morgan fingerprint density at radius 2 is 2.00 bits per heavy atom. The van der Waals surface area contributed by atoms with Gasteiger partial charge in [0.2, 0.25) is 5.91 Å². The second kappa shape index (κ2) is 6.55. The summed E-state index contributed by atoms with van der Waals surface area (Å²) in [5, 5.41) is 3.26. The largest absolute Gasteiger partial charge is 0.351 e. The molecule has 1 amide bonds. The van der Waals surface area contributed by atoms with Gasteiger partial charge in [0.05, 0.1) is 6.04 Å². The Morgan fingerprint density at radius 1 is 1.33 bits per heavy atom. The van der Waals surface area contributed by atoms with E-state index in [1.165, 1.54) is 12.8 Å². The van der Waals surface area contributed by atoms with Crippen LogP contribution in [-0.4, -0.2) is 36.0 Å². The number of amides is 1. The van der Waals surface area contributed by atoms with Gasteiger partial charge in [-0.1, -0.05) is 41.0 Å². The minimum absolute atomic E-state index is 0.0974. The van der Waals surface area contributed by atoms with Crippen molar-refractivity contribution in [2.45, 2.75) is 72.4 Å². The van der Waals surface area contributed by atoms with Gasteiger partial charge in [-0.2, -0.15) is 0 Å². The van der Waals surface area contributed by atoms with E-state index in [0.29, 0.717) is 0 Å². The van der Waals surface area contributed by atoms with Crippen molar-refractivity contribution in [1.82, 2.24) is 10.2 Å². The van der Waals surface area contributed by atoms with Crippen molar-refractivity contribution in [3.05, 3.63) is 0 Å². The Morgan fingerprint density at radius 3 is 2.50 bits per heavy atom. The second-order valence-electron chi connectivity index (χ2n) is 6.48. The number of likely N-dealkylation sites (N-methyl/N-ethyl adjacent to an activating group) is 1. The predicted molar refractivity (Wildman–Crippen MR) is 76.6 cm³/mol. The fourth-order valence-corrected chi connectivity index (χ4v) is 2.87. The van der Waals surface area contributed by atoms with Gasteiger partial charge in [0.15, 0.2) is 0 Å². The van der Waals surface area contributed by atoms with Gasteiger partial charge in [-0.15, -0.1) is 0 Å². The highest BCUT2D eigenvalue weighted by molar-refractivity contribution is 5.82. The average Bonchev–Trinajstić information content (AvgIpc) is 2.34. The van der Waals surface area contributed by atoms with Gasteiger partial charge in [-0.3, -0.25) is 9.69 Å². The minimum Gasteiger partial charge on any atom is -0.351 e. The average molecular weight is 254 g/mol. The Kier molecular flexibility index (Phi) is 5.64. The topological polar surface area (TPSA) is 32.3 Å². The zero-order valence-corrected chi connectivity index (χ0v) is 12.8. The molecule has 0 aromatic carbocycles. The molecule has 1 saturated heterocycles. The van der Waals surface area contributed by atoms with E-state index < -0.39 is 0 Å². The summed E-state index contributed by atoms with van der Waals surface area (Å²) in [5.41, 5.74) is 0.135. The zero-order chi connectivity index (χ0) is 13.8. The van der Waals surface area contributed by atoms with Crippen LogP contribution >= 0.6 is 0 Å². The van der Waals surface area contributed by atoms with Crippen LogP contribution in [0.4, 0.5) is 0 Å². The monoisotopic (exact) mass is 254 g/mol. The minimum atomic E-state index is 0.0974. The molecule has 0 radical (unpaired) electrons. The molecule has 1 fully saturated rings. The molecule has 3 nitrogen and oxygen atoms in total. The maximum absolute atomic E-state index is 12.4. The molecule has 0 spiro atoms. The van der Waals surface area contributed by atoms with Crippen molar-refractivity contribution in [3.8, 4) is 0 Å². The van der Waals surface area contributed by atoms with Crippen LogP contribution in [0.5, 0.6) is 0 Å². The summed E-state index contributed by atoms with van der Waals surface area (Å²) < 4.78 is 0. The van der Waals surface area contributed by atoms with Crippen LogP contribution in [0.15, 0.2) is 0 Å². The van der Waals surface area contributed by atoms with Crippen molar-refractivity contribution in [2.24, 2.45) is 5.41 Å². The molecule has 0 saturated carbocycles. The Labute approximate surface area is 112 Å². The van der Waals surface area contributed by atoms with Crippen molar-refractivity contribution in [3.63, 3.8) is 0 Å². The molecule has 106 valence electrons. The van der Waals surface area contributed by atoms with Crippen LogP contribution in [-0.2, 0) is 4.79 Å². The van der Waals surface area contributed by atoms with Crippen LogP contribution < -0.4 is 5.32 Å². The molecular formula is C15H30N2O. The first-order valence-corrected chi connectivity index (χ1v) is 7.44. The lowest BCUT2D eigenvalue weighted by Gasteiger charge is -2.37. The van der Waals surface area contributed by atoms with Crippen LogP contribution in [0, 0.1) is 5.41 Å². The van der Waals surface area contributed by atoms with Gasteiger partial charge < -0.3 is 5.32 Å². The first-order chi connectivity index (χ1) is 8.40. The van der Waals surface area contributed by atoms with E-state index in [-0.39, 0.29) is 23.4 Å². The smallest absolute Gasteiger partial charge is 0.237 e. The van der Waals surface area contributed by atoms with Crippen LogP contribution in [0.1, 0.15) is 60.3 Å². The molecule has 1 aliphatic heterocycles. The molecule has 0 aromatic rings. The maximum atomic E-state index is 12.4. The van der Waals surface area contributed by atoms with Gasteiger partial charge >= 0.3 is 0 Å². The number of rotatable bonds is 4. The lowest BCUT2D eigenvalue weighted by molar-refractivity contribution is -0.129. The van der Waals surface area contributed by atoms with Crippen molar-refractivity contribution in [1.29, 1.82) is 0 Å². The first-order valence-electron chi connectivity index (χ1n) is 7.44. The van der Waals surface area contributed by atoms with E-state index in [1.54, 1.807) is 0 Å². The summed E-state index contributed by atoms with van der Waals surface area (Å²) >= 11 is 0. The Bertz CT molecular complexity index is 270. The van der Waals surface area contributed by atoms with Gasteiger partial charge in [0.1, 0.15) is 0 Å². The lowest BCUT2D eigenvalue weighted by atomic mass is 9.85. The number of nitrogens with zero attached hydrogens (tertiary/aromatic N) is 1. The molecule has 0 aromatic heterocycles. The summed E-state index contributed by atoms with van der Waals surface area (Å²) in [6.07, 6.45) is 4.42. The third kappa shape index (κ3) is 3.98. The van der Waals surface area contributed by atoms with Gasteiger partial charge in [-0.25, -0.2) is 0 Å². The fraction of sp³-hybridized carbons (Fsp3) is 0.933. The van der Waals surface area contributed by atoms with Crippen LogP contribution in [0.25, 0.3) is 0 Å². The van der Waals surface area contributed by atoms with Crippen molar-refractivity contribution < 1.29 is 4.79 Å². The highest BCUT2D eigenvalue weighted by atomic mass is 16.2. The molecule has 0 bridgehead atoms. The predicted octanol–water partition coefficient (Wildman–Crippen LogP) is 2.80. The number of nitrogens with one attached hydrogen (secondary N) is 1. The number of carbonyl (C=O) groups excluding carboxylic acids is 1. The molecule has 1 heterocycles. The van der Waals surface area contributed by atoms with Gasteiger partial charge in [0.25, 0.3) is 0 Å². The van der Waals surface area contributed by atoms with E-state index >= 15 is 0 Å². The lowest BCUT2D eigenvalue weighted by Crippen LogP contribution is -2.53. The number of likely N-dealkylation sites (tertiary alicyclic amines) is 1. The maximum Gasteiger partial charge on any atom is 0.237 e. The highest BCUT2D eigenvalue weighted by Gasteiger charge is 2.31. The van der Waals surface area contributed by atoms with Gasteiger partial charge in [0, 0.05) is 6.04 Å². The van der Waals surface area contributed by atoms with Crippen molar-refractivity contribution in [2.75, 3.05) is 13.1 Å². The summed E-state index contributed by atoms with van der Waals surface area (Å²) in [6, 6.07) is 0.366. The number of piperidine rings is 1. The molecule has 2 unspecified atom stereocenters. The fourth-order valence-electron chi connectivity index (χ4n) is 2.87. The van der Waals surface area contributed by atoms with Crippen LogP contribution in [0.2, 0.25) is 0 Å². The number of hydrogen-bond acceptors (Lipinski definition) is 2. The molecule has 3 heteroatoms. The summed E-state index contributed by atoms with van der Waals surface area (Å²) in [4.78, 5) is 14.7. The Balaban J connectivity index is 2.62. The molecule has 0 aliphatic carbocycles. The SMILES string of the molecule is CCC(NC(=O)C1CCCCN1CC)C(C)(C)C. The summed E-state index contributed by atoms with van der Waals surface area (Å²) in [5.74, 6) is 0.235. The van der Waals surface area contributed by atoms with Crippen molar-refractivity contribution >= 4 is 5.91 Å². The summed E-state index contributed by atoms with van der Waals surface area (Å²) in [7, 11) is 0. The zero-order valence-electron chi connectivity index (χ0n) is 12.8. The highest BCUT2D eigenvalue weighted by Crippen LogP contribution is 2.23. The third-order valence-corrected chi connectivity index (χ3v) is 4.09. The molecule has 1 N–H and O–H groups in total. The number of carbonyl (C=O) groups is 1. The van der Waals surface area contributed by atoms with E-state index in [0.717, 1.165) is 25.9 Å². The summed E-state index contributed by atoms with van der Waals surface area (Å²) in [6.45, 7) is 12.9.